The molecule has 18 heavy (non-hydrogen) atoms. The summed E-state index contributed by atoms with van der Waals surface area (Å²) in [6.07, 6.45) is 0. The van der Waals surface area contributed by atoms with Crippen LogP contribution in [0, 0.1) is 16.7 Å². The molecule has 0 aromatic rings. The first kappa shape index (κ1) is 13.8. The van der Waals surface area contributed by atoms with Crippen molar-refractivity contribution < 1.29 is 4.79 Å². The molecular formula is C14H27N3O. The fraction of sp³-hybridized carbons (Fsp3) is 0.929. The highest BCUT2D eigenvalue weighted by Crippen LogP contribution is 2.68. The largest absolute Gasteiger partial charge is 0.355 e. The van der Waals surface area contributed by atoms with Gasteiger partial charge in [0.25, 0.3) is 0 Å². The number of carbonyl (C=O) groups is 1. The van der Waals surface area contributed by atoms with Gasteiger partial charge in [0.1, 0.15) is 0 Å². The number of nitrogens with zero attached hydrogens (tertiary/aromatic N) is 1. The molecule has 0 spiro atoms. The van der Waals surface area contributed by atoms with Gasteiger partial charge in [-0.05, 0) is 10.8 Å². The number of hydrogen-bond donors (Lipinski definition) is 2. The maximum absolute atomic E-state index is 12.1. The summed E-state index contributed by atoms with van der Waals surface area (Å²) >= 11 is 0. The molecule has 0 radical (unpaired) electrons. The molecule has 1 heterocycles. The first-order valence-electron chi connectivity index (χ1n) is 7.08. The van der Waals surface area contributed by atoms with Crippen molar-refractivity contribution in [3.8, 4) is 0 Å². The molecule has 0 aromatic carbocycles. The second kappa shape index (κ2) is 4.82. The van der Waals surface area contributed by atoms with E-state index in [2.05, 4.69) is 43.2 Å². The van der Waals surface area contributed by atoms with Gasteiger partial charge >= 0.3 is 0 Å². The van der Waals surface area contributed by atoms with E-state index < -0.39 is 0 Å². The summed E-state index contributed by atoms with van der Waals surface area (Å²) in [4.78, 5) is 14.5. The molecule has 1 saturated heterocycles. The number of nitrogens with one attached hydrogen (secondary N) is 2. The lowest BCUT2D eigenvalue weighted by Crippen LogP contribution is -2.46. The third kappa shape index (κ3) is 2.41. The van der Waals surface area contributed by atoms with Gasteiger partial charge in [0, 0.05) is 45.2 Å². The van der Waals surface area contributed by atoms with E-state index in [0.717, 1.165) is 39.3 Å². The molecule has 1 aliphatic carbocycles. The second-order valence-electron chi connectivity index (χ2n) is 6.76. The van der Waals surface area contributed by atoms with Gasteiger partial charge < -0.3 is 10.6 Å². The molecule has 1 amide bonds. The molecule has 104 valence electrons. The number of rotatable bonds is 4. The molecule has 4 nitrogen and oxygen atoms in total. The number of piperazine rings is 1. The first-order chi connectivity index (χ1) is 8.37. The lowest BCUT2D eigenvalue weighted by Gasteiger charge is -2.27. The van der Waals surface area contributed by atoms with Crippen LogP contribution in [0.4, 0.5) is 0 Å². The lowest BCUT2D eigenvalue weighted by molar-refractivity contribution is -0.123. The predicted molar refractivity (Wildman–Crippen MR) is 73.4 cm³/mol. The number of hydrogen-bond acceptors (Lipinski definition) is 3. The van der Waals surface area contributed by atoms with E-state index in [9.17, 15) is 4.79 Å². The van der Waals surface area contributed by atoms with Crippen LogP contribution in [-0.4, -0.2) is 50.1 Å². The summed E-state index contributed by atoms with van der Waals surface area (Å²) in [7, 11) is 0. The van der Waals surface area contributed by atoms with Gasteiger partial charge in [0.2, 0.25) is 5.91 Å². The van der Waals surface area contributed by atoms with Crippen LogP contribution in [0.25, 0.3) is 0 Å². The Balaban J connectivity index is 1.70. The molecule has 2 rings (SSSR count). The Morgan fingerprint density at radius 2 is 1.78 bits per heavy atom. The molecule has 1 saturated carbocycles. The molecule has 2 fully saturated rings. The van der Waals surface area contributed by atoms with Crippen molar-refractivity contribution in [3.05, 3.63) is 0 Å². The summed E-state index contributed by atoms with van der Waals surface area (Å²) in [5.74, 6) is 0.410. The zero-order chi connectivity index (χ0) is 13.4. The van der Waals surface area contributed by atoms with Crippen molar-refractivity contribution in [2.24, 2.45) is 16.7 Å². The fourth-order valence-corrected chi connectivity index (χ4v) is 3.23. The maximum atomic E-state index is 12.1. The molecule has 1 aliphatic heterocycles. The molecule has 0 atom stereocenters. The summed E-state index contributed by atoms with van der Waals surface area (Å²) in [6.45, 7) is 14.8. The van der Waals surface area contributed by atoms with E-state index in [1.165, 1.54) is 0 Å². The van der Waals surface area contributed by atoms with Crippen molar-refractivity contribution >= 4 is 5.91 Å². The Kier molecular flexibility index (Phi) is 3.70. The van der Waals surface area contributed by atoms with E-state index in [1.807, 2.05) is 0 Å². The second-order valence-corrected chi connectivity index (χ2v) is 6.76. The van der Waals surface area contributed by atoms with Gasteiger partial charge in [-0.15, -0.1) is 0 Å². The van der Waals surface area contributed by atoms with Crippen LogP contribution in [0.15, 0.2) is 0 Å². The van der Waals surface area contributed by atoms with E-state index >= 15 is 0 Å². The van der Waals surface area contributed by atoms with E-state index in [1.54, 1.807) is 0 Å². The van der Waals surface area contributed by atoms with E-state index in [0.29, 0.717) is 0 Å². The molecule has 0 unspecified atom stereocenters. The summed E-state index contributed by atoms with van der Waals surface area (Å²) < 4.78 is 0. The highest BCUT2D eigenvalue weighted by atomic mass is 16.2. The third-order valence-corrected chi connectivity index (χ3v) is 5.22. The average Bonchev–Trinajstić information content (AvgIpc) is 2.70. The van der Waals surface area contributed by atoms with Crippen molar-refractivity contribution in [2.45, 2.75) is 27.7 Å². The van der Waals surface area contributed by atoms with E-state index in [-0.39, 0.29) is 22.7 Å². The van der Waals surface area contributed by atoms with E-state index in [4.69, 9.17) is 0 Å². The molecule has 2 N–H and O–H groups in total. The molecule has 0 bridgehead atoms. The normalized spacial score (nSPS) is 26.9. The van der Waals surface area contributed by atoms with Crippen LogP contribution in [-0.2, 0) is 4.79 Å². The summed E-state index contributed by atoms with van der Waals surface area (Å²) in [6, 6.07) is 0. The zero-order valence-electron chi connectivity index (χ0n) is 12.2. The van der Waals surface area contributed by atoms with Gasteiger partial charge in [0.05, 0.1) is 0 Å². The number of amides is 1. The van der Waals surface area contributed by atoms with Crippen LogP contribution < -0.4 is 10.6 Å². The lowest BCUT2D eigenvalue weighted by atomic mass is 10.0. The topological polar surface area (TPSA) is 44.4 Å². The molecule has 2 aliphatic rings. The monoisotopic (exact) mass is 253 g/mol. The van der Waals surface area contributed by atoms with Crippen LogP contribution in [0.3, 0.4) is 0 Å². The Hall–Kier alpha value is -0.610. The maximum Gasteiger partial charge on any atom is 0.224 e. The Morgan fingerprint density at radius 1 is 1.22 bits per heavy atom. The SMILES string of the molecule is CC1(C)C(C(=O)NCCN2CCNCC2)C1(C)C. The smallest absolute Gasteiger partial charge is 0.224 e. The third-order valence-electron chi connectivity index (χ3n) is 5.22. The van der Waals surface area contributed by atoms with Gasteiger partial charge in [-0.3, -0.25) is 9.69 Å². The minimum Gasteiger partial charge on any atom is -0.355 e. The summed E-state index contributed by atoms with van der Waals surface area (Å²) in [5.41, 5.74) is 0.290. The Morgan fingerprint density at radius 3 is 2.28 bits per heavy atom. The van der Waals surface area contributed by atoms with Crippen molar-refractivity contribution in [3.63, 3.8) is 0 Å². The minimum atomic E-state index is 0.145. The Labute approximate surface area is 110 Å². The standard InChI is InChI=1S/C14H27N3O/c1-13(2)11(14(13,3)4)12(18)16-7-10-17-8-5-15-6-9-17/h11,15H,5-10H2,1-4H3,(H,16,18). The summed E-state index contributed by atoms with van der Waals surface area (Å²) in [5, 5.41) is 6.44. The zero-order valence-corrected chi connectivity index (χ0v) is 12.2. The first-order valence-corrected chi connectivity index (χ1v) is 7.08. The Bertz CT molecular complexity index is 305. The van der Waals surface area contributed by atoms with Gasteiger partial charge in [-0.1, -0.05) is 27.7 Å². The van der Waals surface area contributed by atoms with Crippen LogP contribution >= 0.6 is 0 Å². The molecule has 4 heteroatoms. The van der Waals surface area contributed by atoms with Crippen molar-refractivity contribution in [1.82, 2.24) is 15.5 Å². The van der Waals surface area contributed by atoms with Gasteiger partial charge in [0.15, 0.2) is 0 Å². The van der Waals surface area contributed by atoms with Crippen molar-refractivity contribution in [1.29, 1.82) is 0 Å². The highest BCUT2D eigenvalue weighted by molar-refractivity contribution is 5.84. The van der Waals surface area contributed by atoms with Gasteiger partial charge in [-0.2, -0.15) is 0 Å². The number of carbonyl (C=O) groups excluding carboxylic acids is 1. The highest BCUT2D eigenvalue weighted by Gasteiger charge is 2.68. The average molecular weight is 253 g/mol. The minimum absolute atomic E-state index is 0.145. The molecule has 0 aromatic heterocycles. The molecular weight excluding hydrogens is 226 g/mol. The van der Waals surface area contributed by atoms with Crippen LogP contribution in [0.2, 0.25) is 0 Å². The fourth-order valence-electron chi connectivity index (χ4n) is 3.23. The van der Waals surface area contributed by atoms with Crippen LogP contribution in [0.5, 0.6) is 0 Å². The van der Waals surface area contributed by atoms with Gasteiger partial charge in [-0.25, -0.2) is 0 Å². The van der Waals surface area contributed by atoms with Crippen LogP contribution in [0.1, 0.15) is 27.7 Å². The quantitative estimate of drug-likeness (QED) is 0.775. The van der Waals surface area contributed by atoms with Crippen molar-refractivity contribution in [2.75, 3.05) is 39.3 Å². The predicted octanol–water partition coefficient (Wildman–Crippen LogP) is 0.690.